The maximum Gasteiger partial charge on any atom is 2.00 e. The van der Waals surface area contributed by atoms with E-state index in [2.05, 4.69) is 44.7 Å². The van der Waals surface area contributed by atoms with Crippen molar-refractivity contribution < 1.29 is 34.1 Å². The molecule has 0 saturated carbocycles. The second kappa shape index (κ2) is 14.7. The first-order chi connectivity index (χ1) is 17.9. The van der Waals surface area contributed by atoms with Crippen molar-refractivity contribution in [3.8, 4) is 45.3 Å². The van der Waals surface area contributed by atoms with Crippen LogP contribution in [0, 0.1) is 0 Å². The van der Waals surface area contributed by atoms with Gasteiger partial charge in [0.25, 0.3) is 0 Å². The van der Waals surface area contributed by atoms with Crippen molar-refractivity contribution in [2.24, 2.45) is 0 Å². The Bertz CT molecular complexity index is 1370. The summed E-state index contributed by atoms with van der Waals surface area (Å²) in [4.78, 5) is 4.74. The number of nitrogens with one attached hydrogen (secondary N) is 2. The van der Waals surface area contributed by atoms with Crippen molar-refractivity contribution in [1.82, 2.24) is 25.4 Å². The van der Waals surface area contributed by atoms with E-state index < -0.39 is 0 Å². The minimum atomic E-state index is 0. The molecule has 0 saturated heterocycles. The predicted molar refractivity (Wildman–Crippen MR) is 146 cm³/mol. The van der Waals surface area contributed by atoms with Gasteiger partial charge in [-0.25, -0.2) is 29.2 Å². The van der Waals surface area contributed by atoms with Gasteiger partial charge in [0, 0.05) is 0 Å². The molecule has 7 aromatic rings. The maximum atomic E-state index is 4.74. The van der Waals surface area contributed by atoms with Gasteiger partial charge in [-0.2, -0.15) is 70.9 Å². The molecule has 0 aliphatic rings. The first-order valence-corrected chi connectivity index (χ1v) is 11.7. The smallest absolute Gasteiger partial charge is 0.296 e. The number of hydrogen-bond donors (Lipinski definition) is 2. The molecule has 0 radical (unpaired) electrons. The molecule has 7 heteroatoms. The minimum Gasteiger partial charge on any atom is -0.296 e. The molecule has 0 aliphatic heterocycles. The van der Waals surface area contributed by atoms with Gasteiger partial charge in [0.05, 0.1) is 22.8 Å². The van der Waals surface area contributed by atoms with Crippen molar-refractivity contribution >= 4 is 0 Å². The Kier molecular flexibility index (Phi) is 11.0. The fourth-order valence-electron chi connectivity index (χ4n) is 3.67. The standard InChI is InChI=1S/C21H15N5.2C5H5.2Fe/c1-2-7-14(6-1)18-12-20(25-23-18)16-10-5-11-17(22-16)21-13-19(24-26-21)15-8-3-4-9-15;2*1-2-4-5-3-1;;/h1-13H,(H,23,25)(H,24,26);2*1-5H;;/q-2;2*-1;2*+2. The Hall–Kier alpha value is -3.99. The third-order valence-corrected chi connectivity index (χ3v) is 5.49. The van der Waals surface area contributed by atoms with E-state index in [4.69, 9.17) is 4.98 Å². The zero-order valence-electron chi connectivity index (χ0n) is 20.3. The molecule has 0 bridgehead atoms. The fourth-order valence-corrected chi connectivity index (χ4v) is 3.67. The van der Waals surface area contributed by atoms with Gasteiger partial charge >= 0.3 is 34.1 Å². The van der Waals surface area contributed by atoms with E-state index in [1.165, 1.54) is 0 Å². The molecule has 2 N–H and O–H groups in total. The number of hydrogen-bond acceptors (Lipinski definition) is 3. The second-order valence-corrected chi connectivity index (χ2v) is 8.01. The zero-order chi connectivity index (χ0) is 24.4. The molecule has 0 atom stereocenters. The van der Waals surface area contributed by atoms with Gasteiger partial charge in [-0.05, 0) is 23.5 Å². The molecule has 3 heterocycles. The van der Waals surface area contributed by atoms with E-state index in [1.54, 1.807) is 0 Å². The third kappa shape index (κ3) is 7.51. The summed E-state index contributed by atoms with van der Waals surface area (Å²) in [5.74, 6) is 0. The van der Waals surface area contributed by atoms with Crippen LogP contribution in [0.4, 0.5) is 0 Å². The zero-order valence-corrected chi connectivity index (χ0v) is 22.5. The van der Waals surface area contributed by atoms with Gasteiger partial charge < -0.3 is 0 Å². The average molecular weight is 579 g/mol. The van der Waals surface area contributed by atoms with Crippen LogP contribution in [0.2, 0.25) is 0 Å². The van der Waals surface area contributed by atoms with Gasteiger partial charge in [0.15, 0.2) is 0 Å². The summed E-state index contributed by atoms with van der Waals surface area (Å²) in [6, 6.07) is 46.2. The number of nitrogens with zero attached hydrogens (tertiary/aromatic N) is 3. The Morgan fingerprint density at radius 3 is 1.24 bits per heavy atom. The summed E-state index contributed by atoms with van der Waals surface area (Å²) < 4.78 is 0. The van der Waals surface area contributed by atoms with E-state index in [0.29, 0.717) is 0 Å². The molecule has 0 unspecified atom stereocenters. The molecule has 0 amide bonds. The molecule has 5 nitrogen and oxygen atoms in total. The van der Waals surface area contributed by atoms with E-state index in [9.17, 15) is 0 Å². The molecular formula is C31H25Fe2N5. The monoisotopic (exact) mass is 579 g/mol. The Morgan fingerprint density at radius 1 is 0.500 bits per heavy atom. The number of aromatic nitrogens is 5. The van der Waals surface area contributed by atoms with Crippen LogP contribution in [-0.2, 0) is 34.1 Å². The van der Waals surface area contributed by atoms with Crippen LogP contribution in [0.15, 0.2) is 140 Å². The van der Waals surface area contributed by atoms with E-state index in [0.717, 1.165) is 45.3 Å². The quantitative estimate of drug-likeness (QED) is 0.168. The summed E-state index contributed by atoms with van der Waals surface area (Å²) >= 11 is 0. The molecule has 0 fully saturated rings. The van der Waals surface area contributed by atoms with Crippen molar-refractivity contribution in [3.05, 3.63) is 140 Å². The molecule has 4 aromatic carbocycles. The summed E-state index contributed by atoms with van der Waals surface area (Å²) in [6.45, 7) is 0. The second-order valence-electron chi connectivity index (χ2n) is 8.01. The van der Waals surface area contributed by atoms with Crippen molar-refractivity contribution in [3.63, 3.8) is 0 Å². The molecule has 190 valence electrons. The van der Waals surface area contributed by atoms with Crippen LogP contribution in [0.3, 0.4) is 0 Å². The summed E-state index contributed by atoms with van der Waals surface area (Å²) in [5, 5.41) is 15.0. The van der Waals surface area contributed by atoms with Crippen molar-refractivity contribution in [1.29, 1.82) is 0 Å². The Labute approximate surface area is 243 Å². The van der Waals surface area contributed by atoms with Crippen LogP contribution in [0.25, 0.3) is 45.3 Å². The molecule has 38 heavy (non-hydrogen) atoms. The van der Waals surface area contributed by atoms with Gasteiger partial charge in [-0.3, -0.25) is 10.2 Å². The fraction of sp³-hybridized carbons (Fsp3) is 0. The van der Waals surface area contributed by atoms with Crippen LogP contribution in [0.5, 0.6) is 0 Å². The Balaban J connectivity index is 0.000000280. The average Bonchev–Trinajstić information content (AvgIpc) is 3.81. The van der Waals surface area contributed by atoms with Gasteiger partial charge in [-0.15, -0.1) is 24.3 Å². The van der Waals surface area contributed by atoms with Gasteiger partial charge in [-0.1, -0.05) is 29.3 Å². The van der Waals surface area contributed by atoms with E-state index >= 15 is 0 Å². The molecule has 0 spiro atoms. The summed E-state index contributed by atoms with van der Waals surface area (Å²) in [6.07, 6.45) is 0. The van der Waals surface area contributed by atoms with E-state index in [1.807, 2.05) is 115 Å². The van der Waals surface area contributed by atoms with Crippen LogP contribution in [0.1, 0.15) is 0 Å². The molecule has 3 aromatic heterocycles. The van der Waals surface area contributed by atoms with Gasteiger partial charge in [0.1, 0.15) is 0 Å². The first kappa shape index (κ1) is 28.6. The van der Waals surface area contributed by atoms with Crippen molar-refractivity contribution in [2.45, 2.75) is 0 Å². The van der Waals surface area contributed by atoms with Crippen LogP contribution >= 0.6 is 0 Å². The summed E-state index contributed by atoms with van der Waals surface area (Å²) in [5.41, 5.74) is 7.46. The first-order valence-electron chi connectivity index (χ1n) is 11.7. The normalized spacial score (nSPS) is 9.68. The minimum absolute atomic E-state index is 0. The van der Waals surface area contributed by atoms with Crippen LogP contribution in [-0.4, -0.2) is 25.4 Å². The summed E-state index contributed by atoms with van der Waals surface area (Å²) in [7, 11) is 0. The number of pyridine rings is 1. The van der Waals surface area contributed by atoms with Crippen molar-refractivity contribution in [2.75, 3.05) is 0 Å². The predicted octanol–water partition coefficient (Wildman–Crippen LogP) is 7.44. The number of H-pyrrole nitrogens is 2. The molecule has 0 aliphatic carbocycles. The Morgan fingerprint density at radius 2 is 0.895 bits per heavy atom. The SMILES string of the molecule is [Fe+2].[Fe+2].c1cc(-c2cc(-[c-]3cccc3)[nH]n2)nc(-c2cc(-[c-]3cccc3)[nH]n2)c1.c1cc[cH-]c1.c1cc[cH-]c1. The molecule has 7 rings (SSSR count). The van der Waals surface area contributed by atoms with Crippen LogP contribution < -0.4 is 0 Å². The van der Waals surface area contributed by atoms with Gasteiger partial charge in [0.2, 0.25) is 0 Å². The van der Waals surface area contributed by atoms with E-state index in [-0.39, 0.29) is 34.1 Å². The number of rotatable bonds is 4. The topological polar surface area (TPSA) is 70.2 Å². The largest absolute Gasteiger partial charge is 2.00 e. The third-order valence-electron chi connectivity index (χ3n) is 5.49. The number of aromatic amines is 2. The maximum absolute atomic E-state index is 4.74. The molecular weight excluding hydrogens is 554 g/mol.